The van der Waals surface area contributed by atoms with Crippen LogP contribution in [-0.2, 0) is 0 Å². The molecule has 1 aromatic heterocycles. The van der Waals surface area contributed by atoms with Gasteiger partial charge in [0.25, 0.3) is 0 Å². The van der Waals surface area contributed by atoms with Crippen LogP contribution < -0.4 is 9.47 Å². The molecule has 3 aromatic rings. The van der Waals surface area contributed by atoms with Crippen molar-refractivity contribution in [3.8, 4) is 11.6 Å². The summed E-state index contributed by atoms with van der Waals surface area (Å²) >= 11 is 14.7. The summed E-state index contributed by atoms with van der Waals surface area (Å²) in [5, 5.41) is 10.6. The van der Waals surface area contributed by atoms with Crippen LogP contribution in [0.3, 0.4) is 0 Å². The molecule has 0 radical (unpaired) electrons. The quantitative estimate of drug-likeness (QED) is 0.198. The van der Waals surface area contributed by atoms with E-state index in [0.29, 0.717) is 79.0 Å². The highest BCUT2D eigenvalue weighted by atomic mass is 127. The number of pyridine rings is 1. The number of hydrogen-bond acceptors (Lipinski definition) is 7. The largest absolute Gasteiger partial charge is 0.493 e. The zero-order chi connectivity index (χ0) is 31.6. The summed E-state index contributed by atoms with van der Waals surface area (Å²) in [5.41, 5.74) is 2.40. The summed E-state index contributed by atoms with van der Waals surface area (Å²) in [4.78, 5) is 32.0. The summed E-state index contributed by atoms with van der Waals surface area (Å²) in [6, 6.07) is 15.8. The number of aliphatic hydroxyl groups is 1. The molecule has 0 aliphatic carbocycles. The van der Waals surface area contributed by atoms with Crippen LogP contribution in [0.5, 0.6) is 11.6 Å². The summed E-state index contributed by atoms with van der Waals surface area (Å²) in [6.07, 6.45) is 1.66. The first-order valence-corrected chi connectivity index (χ1v) is 17.5. The van der Waals surface area contributed by atoms with Crippen molar-refractivity contribution >= 4 is 57.7 Å². The maximum absolute atomic E-state index is 14.5. The van der Waals surface area contributed by atoms with Crippen LogP contribution in [-0.4, -0.2) is 94.1 Å². The molecule has 44 heavy (non-hydrogen) atoms. The summed E-state index contributed by atoms with van der Waals surface area (Å²) in [5.74, 6) is 1.44. The Balaban J connectivity index is 0.00000216. The van der Waals surface area contributed by atoms with Crippen LogP contribution in [0.1, 0.15) is 42.6 Å². The highest BCUT2D eigenvalue weighted by Crippen LogP contribution is 2.45. The number of aliphatic imine (C=N–C) groups is 1. The number of urea groups is 1. The van der Waals surface area contributed by atoms with Gasteiger partial charge in [-0.25, -0.2) is 9.78 Å². The lowest BCUT2D eigenvalue weighted by Gasteiger charge is -2.39. The molecule has 2 amide bonds. The van der Waals surface area contributed by atoms with Crippen LogP contribution in [0.4, 0.5) is 4.79 Å². The first-order chi connectivity index (χ1) is 21.4. The van der Waals surface area contributed by atoms with Crippen molar-refractivity contribution in [2.75, 3.05) is 57.5 Å². The second-order valence-corrected chi connectivity index (χ2v) is 10.9. The third-order valence-electron chi connectivity index (χ3n) is 7.43. The fraction of sp³-hybridized carbons (Fsp3) is 0.406. The lowest BCUT2D eigenvalue weighted by molar-refractivity contribution is 0.108. The molecule has 2 aromatic carbocycles. The van der Waals surface area contributed by atoms with Crippen molar-refractivity contribution < 1.29 is 19.4 Å². The van der Waals surface area contributed by atoms with Gasteiger partial charge in [0, 0.05) is 55.0 Å². The number of amides is 2. The minimum absolute atomic E-state index is 0.0865. The predicted molar refractivity (Wildman–Crippen MR) is 184 cm³/mol. The Morgan fingerprint density at radius 3 is 2.09 bits per heavy atom. The molecule has 1 N–H and O–H groups in total. The minimum atomic E-state index is -0.470. The monoisotopic (exact) mass is 753 g/mol. The van der Waals surface area contributed by atoms with Gasteiger partial charge in [-0.15, -0.1) is 0 Å². The van der Waals surface area contributed by atoms with Crippen molar-refractivity contribution in [3.63, 3.8) is 0 Å². The fourth-order valence-electron chi connectivity index (χ4n) is 5.40. The van der Waals surface area contributed by atoms with Crippen molar-refractivity contribution in [3.05, 3.63) is 87.5 Å². The van der Waals surface area contributed by atoms with Crippen molar-refractivity contribution in [1.82, 2.24) is 19.7 Å². The second-order valence-electron chi connectivity index (χ2n) is 10.0. The Morgan fingerprint density at radius 1 is 0.932 bits per heavy atom. The van der Waals surface area contributed by atoms with Crippen LogP contribution in [0.25, 0.3) is 0 Å². The van der Waals surface area contributed by atoms with E-state index in [9.17, 15) is 9.90 Å². The number of rotatable bonds is 9. The van der Waals surface area contributed by atoms with Crippen molar-refractivity contribution in [2.24, 2.45) is 4.99 Å². The van der Waals surface area contributed by atoms with Gasteiger partial charge in [-0.1, -0.05) is 70.1 Å². The fourth-order valence-corrected chi connectivity index (χ4v) is 5.65. The average Bonchev–Trinajstić information content (AvgIpc) is 3.44. The predicted octanol–water partition coefficient (Wildman–Crippen LogP) is 6.51. The standard InChI is InChI=1S/C31H35Cl2N5O4.CH3I/c1-3-41-26-19-27(42-4-2)34-20-25(26)30-35-28(21-5-9-23(32)10-6-21)29(22-7-11-24(33)12-8-22)38(30)31(40)37-15-13-36(14-16-37)17-18-39;1-2/h5-12,19-20,28-29,39H,3-4,13-18H2,1-2H3;1H3/t28-,29+;/m0./s1. The third-order valence-corrected chi connectivity index (χ3v) is 7.93. The lowest BCUT2D eigenvalue weighted by atomic mass is 9.93. The molecule has 0 spiro atoms. The van der Waals surface area contributed by atoms with Gasteiger partial charge in [0.15, 0.2) is 0 Å². The molecule has 0 saturated carbocycles. The zero-order valence-corrected chi connectivity index (χ0v) is 28.8. The molecule has 12 heteroatoms. The summed E-state index contributed by atoms with van der Waals surface area (Å²) in [6.45, 7) is 7.75. The van der Waals surface area contributed by atoms with E-state index >= 15 is 0 Å². The van der Waals surface area contributed by atoms with E-state index in [2.05, 4.69) is 32.5 Å². The minimum Gasteiger partial charge on any atom is -0.493 e. The third kappa shape index (κ3) is 7.95. The average molecular weight is 754 g/mol. The molecule has 0 bridgehead atoms. The Labute approximate surface area is 282 Å². The second kappa shape index (κ2) is 16.6. The Kier molecular flexibility index (Phi) is 12.9. The van der Waals surface area contributed by atoms with Gasteiger partial charge in [-0.2, -0.15) is 0 Å². The van der Waals surface area contributed by atoms with Crippen molar-refractivity contribution in [2.45, 2.75) is 25.9 Å². The highest BCUT2D eigenvalue weighted by Gasteiger charge is 2.45. The number of ether oxygens (including phenoxy) is 2. The highest BCUT2D eigenvalue weighted by molar-refractivity contribution is 14.1. The molecule has 2 aliphatic rings. The molecule has 5 rings (SSSR count). The number of halogens is 3. The number of piperazine rings is 1. The van der Waals surface area contributed by atoms with E-state index in [4.69, 9.17) is 37.7 Å². The number of carbonyl (C=O) groups is 1. The van der Waals surface area contributed by atoms with E-state index in [1.54, 1.807) is 17.2 Å². The van der Waals surface area contributed by atoms with E-state index in [-0.39, 0.29) is 12.6 Å². The van der Waals surface area contributed by atoms with E-state index in [1.165, 1.54) is 0 Å². The molecule has 1 saturated heterocycles. The van der Waals surface area contributed by atoms with Gasteiger partial charge in [0.05, 0.1) is 31.4 Å². The maximum Gasteiger partial charge on any atom is 0.326 e. The van der Waals surface area contributed by atoms with Crippen LogP contribution >= 0.6 is 45.8 Å². The molecule has 2 aliphatic heterocycles. The maximum atomic E-state index is 14.5. The molecule has 3 heterocycles. The molecule has 1 fully saturated rings. The van der Waals surface area contributed by atoms with E-state index in [0.717, 1.165) is 11.1 Å². The number of hydrogen-bond donors (Lipinski definition) is 1. The smallest absolute Gasteiger partial charge is 0.326 e. The molecule has 0 unspecified atom stereocenters. The number of amidine groups is 1. The number of aromatic nitrogens is 1. The number of benzene rings is 2. The SMILES string of the molecule is CCOc1cc(OCC)c(C2=N[C@@H](c3ccc(Cl)cc3)[C@@H](c3ccc(Cl)cc3)N2C(=O)N2CCN(CCO)CC2)cn1.CI. The van der Waals surface area contributed by atoms with Gasteiger partial charge in [0.2, 0.25) is 5.88 Å². The zero-order valence-electron chi connectivity index (χ0n) is 25.1. The Morgan fingerprint density at radius 2 is 1.52 bits per heavy atom. The van der Waals surface area contributed by atoms with Crippen LogP contribution in [0, 0.1) is 0 Å². The van der Waals surface area contributed by atoms with Gasteiger partial charge in [-0.3, -0.25) is 14.8 Å². The Bertz CT molecular complexity index is 1400. The first kappa shape index (κ1) is 34.2. The number of aliphatic hydroxyl groups excluding tert-OH is 1. The molecular formula is C32H38Cl2IN5O4. The van der Waals surface area contributed by atoms with Gasteiger partial charge in [0.1, 0.15) is 17.6 Å². The number of β-amino-alcohol motifs (C(OH)–C–C–N with tert-alkyl or cyclic N) is 1. The van der Waals surface area contributed by atoms with Crippen LogP contribution in [0.15, 0.2) is 65.8 Å². The topological polar surface area (TPSA) is 90.7 Å². The van der Waals surface area contributed by atoms with Gasteiger partial charge >= 0.3 is 6.03 Å². The van der Waals surface area contributed by atoms with Gasteiger partial charge in [-0.05, 0) is 54.2 Å². The number of carbonyl (C=O) groups excluding carboxylic acids is 1. The molecule has 2 atom stereocenters. The molecular weight excluding hydrogens is 716 g/mol. The molecule has 236 valence electrons. The summed E-state index contributed by atoms with van der Waals surface area (Å²) < 4.78 is 11.7. The van der Waals surface area contributed by atoms with E-state index < -0.39 is 12.1 Å². The van der Waals surface area contributed by atoms with Crippen LogP contribution in [0.2, 0.25) is 10.0 Å². The number of nitrogens with zero attached hydrogens (tertiary/aromatic N) is 5. The molecule has 9 nitrogen and oxygen atoms in total. The van der Waals surface area contributed by atoms with Crippen molar-refractivity contribution in [1.29, 1.82) is 0 Å². The summed E-state index contributed by atoms with van der Waals surface area (Å²) in [7, 11) is 0. The Hall–Kier alpha value is -2.64. The lowest BCUT2D eigenvalue weighted by Crippen LogP contribution is -2.54. The number of alkyl halides is 1. The first-order valence-electron chi connectivity index (χ1n) is 14.6. The van der Waals surface area contributed by atoms with E-state index in [1.807, 2.05) is 72.2 Å². The van der Waals surface area contributed by atoms with Gasteiger partial charge < -0.3 is 19.5 Å². The normalized spacial score (nSPS) is 18.4.